The van der Waals surface area contributed by atoms with Crippen molar-refractivity contribution in [2.75, 3.05) is 5.88 Å². The number of aromatic nitrogens is 2. The van der Waals surface area contributed by atoms with Gasteiger partial charge in [-0.1, -0.05) is 6.07 Å². The maximum Gasteiger partial charge on any atom is 0.240 e. The van der Waals surface area contributed by atoms with Crippen LogP contribution in [-0.2, 0) is 11.2 Å². The molecule has 0 aliphatic rings. The highest BCUT2D eigenvalue weighted by atomic mass is 35.5. The van der Waals surface area contributed by atoms with Gasteiger partial charge in [-0.05, 0) is 19.1 Å². The van der Waals surface area contributed by atoms with E-state index in [1.54, 1.807) is 23.6 Å². The molecule has 0 saturated carbocycles. The maximum atomic E-state index is 13.7. The third kappa shape index (κ3) is 2.06. The number of nitrogens with two attached hydrogens (primary N) is 1. The van der Waals surface area contributed by atoms with Crippen LogP contribution in [0.4, 0.5) is 4.39 Å². The number of imidazole rings is 1. The van der Waals surface area contributed by atoms with Crippen molar-refractivity contribution >= 4 is 28.5 Å². The topological polar surface area (TPSA) is 60.9 Å². The number of rotatable bonds is 4. The summed E-state index contributed by atoms with van der Waals surface area (Å²) >= 11 is 5.70. The summed E-state index contributed by atoms with van der Waals surface area (Å²) in [6, 6.07) is 4.03. The zero-order valence-corrected chi connectivity index (χ0v) is 10.6. The Kier molecular flexibility index (Phi) is 3.52. The summed E-state index contributed by atoms with van der Waals surface area (Å²) in [4.78, 5) is 15.5. The molecular weight excluding hydrogens is 257 g/mol. The summed E-state index contributed by atoms with van der Waals surface area (Å²) < 4.78 is 15.3. The molecule has 0 radical (unpaired) electrons. The molecule has 2 aromatic rings. The van der Waals surface area contributed by atoms with Crippen molar-refractivity contribution in [1.82, 2.24) is 9.55 Å². The molecule has 1 heterocycles. The molecule has 6 heteroatoms. The number of para-hydroxylation sites is 1. The summed E-state index contributed by atoms with van der Waals surface area (Å²) in [5, 5.41) is 0. The summed E-state index contributed by atoms with van der Waals surface area (Å²) in [7, 11) is 0. The fraction of sp³-hybridized carbons (Fsp3) is 0.333. The van der Waals surface area contributed by atoms with Gasteiger partial charge in [0, 0.05) is 12.3 Å². The molecule has 18 heavy (non-hydrogen) atoms. The van der Waals surface area contributed by atoms with E-state index in [-0.39, 0.29) is 5.52 Å². The highest BCUT2D eigenvalue weighted by Crippen LogP contribution is 2.23. The van der Waals surface area contributed by atoms with Gasteiger partial charge in [-0.2, -0.15) is 0 Å². The fourth-order valence-corrected chi connectivity index (χ4v) is 2.12. The second-order valence-corrected chi connectivity index (χ2v) is 4.40. The van der Waals surface area contributed by atoms with Gasteiger partial charge in [-0.15, -0.1) is 11.6 Å². The highest BCUT2D eigenvalue weighted by Gasteiger charge is 2.20. The number of benzene rings is 1. The molecule has 2 rings (SSSR count). The monoisotopic (exact) mass is 269 g/mol. The largest absolute Gasteiger partial charge is 0.368 e. The number of carbonyl (C=O) groups excluding carboxylic acids is 1. The minimum absolute atomic E-state index is 0.241. The second-order valence-electron chi connectivity index (χ2n) is 4.02. The number of hydrogen-bond donors (Lipinski definition) is 1. The Labute approximate surface area is 109 Å². The van der Waals surface area contributed by atoms with E-state index in [0.29, 0.717) is 23.6 Å². The minimum atomic E-state index is -0.588. The lowest BCUT2D eigenvalue weighted by Crippen LogP contribution is -2.25. The van der Waals surface area contributed by atoms with E-state index >= 15 is 0 Å². The smallest absolute Gasteiger partial charge is 0.240 e. The van der Waals surface area contributed by atoms with Gasteiger partial charge < -0.3 is 10.3 Å². The van der Waals surface area contributed by atoms with Crippen molar-refractivity contribution < 1.29 is 9.18 Å². The van der Waals surface area contributed by atoms with Gasteiger partial charge in [0.1, 0.15) is 17.4 Å². The number of hydrogen-bond acceptors (Lipinski definition) is 2. The molecule has 1 aromatic carbocycles. The second kappa shape index (κ2) is 4.94. The number of primary amides is 1. The molecule has 0 fully saturated rings. The molecule has 1 unspecified atom stereocenters. The number of aryl methyl sites for hydroxylation is 1. The first kappa shape index (κ1) is 12.8. The molecule has 1 amide bonds. The van der Waals surface area contributed by atoms with Crippen LogP contribution in [0.5, 0.6) is 0 Å². The van der Waals surface area contributed by atoms with Crippen LogP contribution in [0.25, 0.3) is 11.0 Å². The van der Waals surface area contributed by atoms with Crippen molar-refractivity contribution in [3.63, 3.8) is 0 Å². The number of fused-ring (bicyclic) bond motifs is 1. The first-order valence-corrected chi connectivity index (χ1v) is 6.10. The number of carbonyl (C=O) groups is 1. The Morgan fingerprint density at radius 1 is 1.61 bits per heavy atom. The Bertz CT molecular complexity index is 596. The van der Waals surface area contributed by atoms with Crippen molar-refractivity contribution in [2.45, 2.75) is 19.4 Å². The predicted molar refractivity (Wildman–Crippen MR) is 68.0 cm³/mol. The first-order chi connectivity index (χ1) is 8.56. The Hall–Kier alpha value is -1.62. The van der Waals surface area contributed by atoms with Gasteiger partial charge in [0.2, 0.25) is 5.91 Å². The van der Waals surface area contributed by atoms with Gasteiger partial charge >= 0.3 is 0 Å². The summed E-state index contributed by atoms with van der Waals surface area (Å²) in [6.45, 7) is 1.66. The molecule has 0 bridgehead atoms. The van der Waals surface area contributed by atoms with E-state index in [2.05, 4.69) is 4.98 Å². The predicted octanol–water partition coefficient (Wildman–Crippen LogP) is 2.00. The first-order valence-electron chi connectivity index (χ1n) is 5.57. The third-order valence-corrected chi connectivity index (χ3v) is 3.05. The van der Waals surface area contributed by atoms with Crippen LogP contribution < -0.4 is 5.73 Å². The Balaban J connectivity index is 2.70. The van der Waals surface area contributed by atoms with Crippen LogP contribution in [0, 0.1) is 5.82 Å². The minimum Gasteiger partial charge on any atom is -0.368 e. The lowest BCUT2D eigenvalue weighted by Gasteiger charge is -2.13. The summed E-state index contributed by atoms with van der Waals surface area (Å²) in [5.41, 5.74) is 6.11. The van der Waals surface area contributed by atoms with E-state index < -0.39 is 17.8 Å². The molecule has 2 N–H and O–H groups in total. The number of alkyl halides is 1. The fourth-order valence-electron chi connectivity index (χ4n) is 1.95. The van der Waals surface area contributed by atoms with Crippen molar-refractivity contribution in [1.29, 1.82) is 0 Å². The standard InChI is InChI=1S/C12H13ClFN3O/c1-7(12(15)18)17-9-4-2-3-8(14)11(9)16-10(17)5-6-13/h2-4,7H,5-6H2,1H3,(H2,15,18). The quantitative estimate of drug-likeness (QED) is 0.863. The van der Waals surface area contributed by atoms with Crippen molar-refractivity contribution in [3.8, 4) is 0 Å². The van der Waals surface area contributed by atoms with Crippen LogP contribution in [0.15, 0.2) is 18.2 Å². The van der Waals surface area contributed by atoms with Gasteiger partial charge in [0.15, 0.2) is 5.82 Å². The van der Waals surface area contributed by atoms with E-state index in [1.807, 2.05) is 0 Å². The molecule has 0 aliphatic carbocycles. The molecule has 96 valence electrons. The van der Waals surface area contributed by atoms with E-state index in [1.165, 1.54) is 6.07 Å². The van der Waals surface area contributed by atoms with Crippen LogP contribution in [0.3, 0.4) is 0 Å². The van der Waals surface area contributed by atoms with Gasteiger partial charge in [-0.3, -0.25) is 4.79 Å². The van der Waals surface area contributed by atoms with Crippen LogP contribution in [0.2, 0.25) is 0 Å². The van der Waals surface area contributed by atoms with Gasteiger partial charge in [-0.25, -0.2) is 9.37 Å². The van der Waals surface area contributed by atoms with Gasteiger partial charge in [0.25, 0.3) is 0 Å². The van der Waals surface area contributed by atoms with Crippen LogP contribution in [-0.4, -0.2) is 21.3 Å². The highest BCUT2D eigenvalue weighted by molar-refractivity contribution is 6.17. The normalized spacial score (nSPS) is 12.8. The van der Waals surface area contributed by atoms with E-state index in [0.717, 1.165) is 0 Å². The Morgan fingerprint density at radius 3 is 2.94 bits per heavy atom. The van der Waals surface area contributed by atoms with Crippen molar-refractivity contribution in [3.05, 3.63) is 29.8 Å². The van der Waals surface area contributed by atoms with Crippen LogP contribution >= 0.6 is 11.6 Å². The number of halogens is 2. The van der Waals surface area contributed by atoms with E-state index in [4.69, 9.17) is 17.3 Å². The maximum absolute atomic E-state index is 13.7. The molecule has 4 nitrogen and oxygen atoms in total. The zero-order valence-electron chi connectivity index (χ0n) is 9.86. The van der Waals surface area contributed by atoms with Crippen molar-refractivity contribution in [2.24, 2.45) is 5.73 Å². The van der Waals surface area contributed by atoms with E-state index in [9.17, 15) is 9.18 Å². The summed E-state index contributed by atoms with van der Waals surface area (Å²) in [6.07, 6.45) is 0.452. The molecule has 1 atom stereocenters. The average Bonchev–Trinajstić information content (AvgIpc) is 2.68. The summed E-state index contributed by atoms with van der Waals surface area (Å²) in [5.74, 6) is 0.000642. The molecular formula is C12H13ClFN3O. The molecule has 0 spiro atoms. The number of nitrogens with zero attached hydrogens (tertiary/aromatic N) is 2. The average molecular weight is 270 g/mol. The molecule has 0 saturated heterocycles. The van der Waals surface area contributed by atoms with Crippen LogP contribution in [0.1, 0.15) is 18.8 Å². The SMILES string of the molecule is CC(C(N)=O)n1c(CCCl)nc2c(F)cccc21. The lowest BCUT2D eigenvalue weighted by atomic mass is 10.2. The molecule has 1 aromatic heterocycles. The lowest BCUT2D eigenvalue weighted by molar-refractivity contribution is -0.120. The van der Waals surface area contributed by atoms with Gasteiger partial charge in [0.05, 0.1) is 5.52 Å². The zero-order chi connectivity index (χ0) is 13.3. The number of amides is 1. The third-order valence-electron chi connectivity index (χ3n) is 2.86. The Morgan fingerprint density at radius 2 is 2.33 bits per heavy atom. The molecule has 0 aliphatic heterocycles.